The molecule has 0 saturated heterocycles. The van der Waals surface area contributed by atoms with Crippen LogP contribution in [0.3, 0.4) is 0 Å². The molecule has 0 aliphatic heterocycles. The van der Waals surface area contributed by atoms with Crippen LogP contribution in [0.25, 0.3) is 0 Å². The SMILES string of the molecule is CCOC(=O)c1cccc(NC(=S)NCCN(CC)c2cccc(C)c2)c1. The van der Waals surface area contributed by atoms with Crippen LogP contribution in [0.15, 0.2) is 48.5 Å². The third-order valence-corrected chi connectivity index (χ3v) is 4.29. The number of thiocarbonyl (C=S) groups is 1. The molecule has 2 aromatic rings. The van der Waals surface area contributed by atoms with E-state index in [1.165, 1.54) is 11.3 Å². The second-order valence-corrected chi connectivity index (χ2v) is 6.51. The van der Waals surface area contributed by atoms with Gasteiger partial charge >= 0.3 is 5.97 Å². The summed E-state index contributed by atoms with van der Waals surface area (Å²) >= 11 is 5.37. The number of benzene rings is 2. The van der Waals surface area contributed by atoms with Crippen LogP contribution in [0.2, 0.25) is 0 Å². The number of carbonyl (C=O) groups is 1. The van der Waals surface area contributed by atoms with E-state index < -0.39 is 0 Å². The van der Waals surface area contributed by atoms with Crippen molar-refractivity contribution in [1.82, 2.24) is 5.32 Å². The molecular weight excluding hydrogens is 358 g/mol. The first kappa shape index (κ1) is 20.7. The van der Waals surface area contributed by atoms with Crippen molar-refractivity contribution in [2.75, 3.05) is 36.5 Å². The lowest BCUT2D eigenvalue weighted by atomic mass is 10.2. The van der Waals surface area contributed by atoms with Crippen LogP contribution < -0.4 is 15.5 Å². The molecule has 5 nitrogen and oxygen atoms in total. The van der Waals surface area contributed by atoms with Crippen molar-refractivity contribution in [3.8, 4) is 0 Å². The number of anilines is 2. The van der Waals surface area contributed by atoms with Gasteiger partial charge in [0, 0.05) is 31.0 Å². The maximum absolute atomic E-state index is 11.8. The number of nitrogens with zero attached hydrogens (tertiary/aromatic N) is 1. The summed E-state index contributed by atoms with van der Waals surface area (Å²) < 4.78 is 5.02. The maximum Gasteiger partial charge on any atom is 0.338 e. The molecule has 0 saturated carbocycles. The molecule has 0 unspecified atom stereocenters. The quantitative estimate of drug-likeness (QED) is 0.529. The zero-order chi connectivity index (χ0) is 19.6. The minimum Gasteiger partial charge on any atom is -0.462 e. The monoisotopic (exact) mass is 385 g/mol. The minimum atomic E-state index is -0.336. The van der Waals surface area contributed by atoms with Gasteiger partial charge in [0.05, 0.1) is 12.2 Å². The van der Waals surface area contributed by atoms with Crippen molar-refractivity contribution in [2.45, 2.75) is 20.8 Å². The zero-order valence-electron chi connectivity index (χ0n) is 16.1. The fraction of sp³-hybridized carbons (Fsp3) is 0.333. The van der Waals surface area contributed by atoms with E-state index in [-0.39, 0.29) is 5.97 Å². The molecule has 27 heavy (non-hydrogen) atoms. The lowest BCUT2D eigenvalue weighted by molar-refractivity contribution is 0.0526. The number of hydrogen-bond donors (Lipinski definition) is 2. The molecule has 0 radical (unpaired) electrons. The van der Waals surface area contributed by atoms with Gasteiger partial charge in [0.2, 0.25) is 0 Å². The summed E-state index contributed by atoms with van der Waals surface area (Å²) in [5, 5.41) is 6.85. The molecule has 0 fully saturated rings. The summed E-state index contributed by atoms with van der Waals surface area (Å²) in [6.45, 7) is 8.85. The van der Waals surface area contributed by atoms with Gasteiger partial charge in [-0.15, -0.1) is 0 Å². The highest BCUT2D eigenvalue weighted by Crippen LogP contribution is 2.15. The second kappa shape index (κ2) is 10.5. The Hall–Kier alpha value is -2.60. The maximum atomic E-state index is 11.8. The van der Waals surface area contributed by atoms with E-state index in [9.17, 15) is 4.79 Å². The highest BCUT2D eigenvalue weighted by Gasteiger charge is 2.08. The predicted molar refractivity (Wildman–Crippen MR) is 116 cm³/mol. The molecule has 6 heteroatoms. The lowest BCUT2D eigenvalue weighted by Crippen LogP contribution is -2.37. The molecule has 0 atom stereocenters. The van der Waals surface area contributed by atoms with Crippen molar-refractivity contribution in [3.63, 3.8) is 0 Å². The molecule has 0 bridgehead atoms. The number of hydrogen-bond acceptors (Lipinski definition) is 4. The van der Waals surface area contributed by atoms with Gasteiger partial charge in [0.25, 0.3) is 0 Å². The summed E-state index contributed by atoms with van der Waals surface area (Å²) in [7, 11) is 0. The largest absolute Gasteiger partial charge is 0.462 e. The van der Waals surface area contributed by atoms with Crippen molar-refractivity contribution in [2.24, 2.45) is 0 Å². The van der Waals surface area contributed by atoms with E-state index in [1.54, 1.807) is 25.1 Å². The van der Waals surface area contributed by atoms with Crippen LogP contribution in [-0.2, 0) is 4.74 Å². The van der Waals surface area contributed by atoms with Crippen LogP contribution in [-0.4, -0.2) is 37.3 Å². The van der Waals surface area contributed by atoms with Crippen molar-refractivity contribution < 1.29 is 9.53 Å². The van der Waals surface area contributed by atoms with Crippen molar-refractivity contribution in [3.05, 3.63) is 59.7 Å². The molecular formula is C21H27N3O2S. The van der Waals surface area contributed by atoms with Crippen molar-refractivity contribution >= 4 is 34.7 Å². The van der Waals surface area contributed by atoms with Gasteiger partial charge in [-0.2, -0.15) is 0 Å². The van der Waals surface area contributed by atoms with E-state index in [1.807, 2.05) is 6.07 Å². The normalized spacial score (nSPS) is 10.2. The first-order chi connectivity index (χ1) is 13.0. The standard InChI is InChI=1S/C21H27N3O2S/c1-4-24(19-11-6-8-16(3)14-19)13-12-22-21(27)23-18-10-7-9-17(15-18)20(25)26-5-2/h6-11,14-15H,4-5,12-13H2,1-3H3,(H2,22,23,27). The smallest absolute Gasteiger partial charge is 0.338 e. The summed E-state index contributed by atoms with van der Waals surface area (Å²) in [5.74, 6) is -0.336. The number of rotatable bonds is 8. The van der Waals surface area contributed by atoms with Gasteiger partial charge in [-0.1, -0.05) is 18.2 Å². The third kappa shape index (κ3) is 6.57. The molecule has 0 spiro atoms. The molecule has 0 aliphatic carbocycles. The summed E-state index contributed by atoms with van der Waals surface area (Å²) in [4.78, 5) is 14.1. The molecule has 0 amide bonds. The van der Waals surface area contributed by atoms with Crippen LogP contribution in [0.5, 0.6) is 0 Å². The van der Waals surface area contributed by atoms with Gasteiger partial charge in [0.1, 0.15) is 0 Å². The van der Waals surface area contributed by atoms with Crippen LogP contribution in [0.4, 0.5) is 11.4 Å². The minimum absolute atomic E-state index is 0.336. The van der Waals surface area contributed by atoms with E-state index in [4.69, 9.17) is 17.0 Å². The Balaban J connectivity index is 1.85. The highest BCUT2D eigenvalue weighted by molar-refractivity contribution is 7.80. The van der Waals surface area contributed by atoms with Gasteiger partial charge in [-0.05, 0) is 68.9 Å². The Morgan fingerprint density at radius 1 is 1.15 bits per heavy atom. The molecule has 2 N–H and O–H groups in total. The highest BCUT2D eigenvalue weighted by atomic mass is 32.1. The number of nitrogens with one attached hydrogen (secondary N) is 2. The van der Waals surface area contributed by atoms with E-state index in [0.717, 1.165) is 18.8 Å². The molecule has 144 valence electrons. The molecule has 2 aromatic carbocycles. The summed E-state index contributed by atoms with van der Waals surface area (Å²) in [6.07, 6.45) is 0. The predicted octanol–water partition coefficient (Wildman–Crippen LogP) is 3.98. The second-order valence-electron chi connectivity index (χ2n) is 6.10. The van der Waals surface area contributed by atoms with Gasteiger partial charge in [-0.3, -0.25) is 0 Å². The number of carbonyl (C=O) groups excluding carboxylic acids is 1. The van der Waals surface area contributed by atoms with Crippen LogP contribution in [0, 0.1) is 6.92 Å². The Bertz CT molecular complexity index is 780. The average molecular weight is 386 g/mol. The van der Waals surface area contributed by atoms with Gasteiger partial charge < -0.3 is 20.3 Å². The zero-order valence-corrected chi connectivity index (χ0v) is 16.9. The molecule has 0 heterocycles. The van der Waals surface area contributed by atoms with Gasteiger partial charge in [0.15, 0.2) is 5.11 Å². The van der Waals surface area contributed by atoms with E-state index >= 15 is 0 Å². The van der Waals surface area contributed by atoms with E-state index in [2.05, 4.69) is 53.6 Å². The molecule has 2 rings (SSSR count). The Labute approximate surface area is 166 Å². The topological polar surface area (TPSA) is 53.6 Å². The lowest BCUT2D eigenvalue weighted by Gasteiger charge is -2.24. The summed E-state index contributed by atoms with van der Waals surface area (Å²) in [5.41, 5.74) is 3.71. The van der Waals surface area contributed by atoms with Gasteiger partial charge in [-0.25, -0.2) is 4.79 Å². The first-order valence-corrected chi connectivity index (χ1v) is 9.58. The number of likely N-dealkylation sites (N-methyl/N-ethyl adjacent to an activating group) is 1. The fourth-order valence-electron chi connectivity index (χ4n) is 2.71. The first-order valence-electron chi connectivity index (χ1n) is 9.17. The van der Waals surface area contributed by atoms with Crippen molar-refractivity contribution in [1.29, 1.82) is 0 Å². The van der Waals surface area contributed by atoms with E-state index in [0.29, 0.717) is 23.8 Å². The Morgan fingerprint density at radius 3 is 2.63 bits per heavy atom. The Morgan fingerprint density at radius 2 is 1.93 bits per heavy atom. The van der Waals surface area contributed by atoms with Crippen LogP contribution in [0.1, 0.15) is 29.8 Å². The number of ether oxygens (including phenoxy) is 1. The number of aryl methyl sites for hydroxylation is 1. The third-order valence-electron chi connectivity index (χ3n) is 4.05. The Kier molecular flexibility index (Phi) is 8.07. The molecule has 0 aromatic heterocycles. The van der Waals surface area contributed by atoms with Crippen LogP contribution >= 0.6 is 12.2 Å². The summed E-state index contributed by atoms with van der Waals surface area (Å²) in [6, 6.07) is 15.6. The molecule has 0 aliphatic rings. The fourth-order valence-corrected chi connectivity index (χ4v) is 2.93. The average Bonchev–Trinajstić information content (AvgIpc) is 2.65. The number of esters is 1.